The molecule has 2 aliphatic heterocycles. The fraction of sp³-hybridized carbons (Fsp3) is 0.885. The number of hydrogen-bond acceptors (Lipinski definition) is 6. The van der Waals surface area contributed by atoms with Crippen LogP contribution in [0.25, 0.3) is 0 Å². The SMILES string of the molecule is CCCCCCCCN(C(=O)OC(C)(C)C)[C@@H]1C=C2COC(C)(C)O[C@@H]2C2OC(C)(C)O[C@@H]21. The van der Waals surface area contributed by atoms with E-state index in [-0.39, 0.29) is 30.4 Å². The molecule has 1 aliphatic carbocycles. The number of ether oxygens (including phenoxy) is 5. The number of fused-ring (bicyclic) bond motifs is 3. The van der Waals surface area contributed by atoms with Crippen LogP contribution in [0.2, 0.25) is 0 Å². The molecule has 0 saturated carbocycles. The number of nitrogens with zero attached hydrogens (tertiary/aromatic N) is 1. The van der Waals surface area contributed by atoms with Gasteiger partial charge in [0.05, 0.1) is 12.6 Å². The maximum atomic E-state index is 13.4. The van der Waals surface area contributed by atoms with E-state index in [1.807, 2.05) is 53.4 Å². The van der Waals surface area contributed by atoms with E-state index in [9.17, 15) is 4.79 Å². The maximum Gasteiger partial charge on any atom is 0.410 e. The van der Waals surface area contributed by atoms with Crippen LogP contribution < -0.4 is 0 Å². The summed E-state index contributed by atoms with van der Waals surface area (Å²) in [5.74, 6) is -1.46. The summed E-state index contributed by atoms with van der Waals surface area (Å²) in [5.41, 5.74) is 0.423. The Morgan fingerprint density at radius 3 is 2.30 bits per heavy atom. The second-order valence-electron chi connectivity index (χ2n) is 11.5. The fourth-order valence-corrected chi connectivity index (χ4v) is 4.82. The highest BCUT2D eigenvalue weighted by Crippen LogP contribution is 2.43. The van der Waals surface area contributed by atoms with Crippen LogP contribution in [0.15, 0.2) is 11.6 Å². The summed E-state index contributed by atoms with van der Waals surface area (Å²) < 4.78 is 30.7. The Labute approximate surface area is 200 Å². The zero-order valence-corrected chi connectivity index (χ0v) is 21.9. The molecule has 2 heterocycles. The van der Waals surface area contributed by atoms with E-state index in [1.165, 1.54) is 25.7 Å². The van der Waals surface area contributed by atoms with E-state index in [0.29, 0.717) is 13.2 Å². The van der Waals surface area contributed by atoms with Gasteiger partial charge in [-0.05, 0) is 60.5 Å². The highest BCUT2D eigenvalue weighted by molar-refractivity contribution is 5.69. The summed E-state index contributed by atoms with van der Waals surface area (Å²) in [5, 5.41) is 0. The average molecular weight is 468 g/mol. The number of hydrogen-bond donors (Lipinski definition) is 0. The number of amides is 1. The molecule has 2 fully saturated rings. The third-order valence-corrected chi connectivity index (χ3v) is 6.29. The summed E-state index contributed by atoms with van der Waals surface area (Å²) in [6, 6.07) is -0.304. The molecule has 0 bridgehead atoms. The van der Waals surface area contributed by atoms with Crippen molar-refractivity contribution in [3.8, 4) is 0 Å². The first kappa shape index (κ1) is 26.5. The molecule has 7 nitrogen and oxygen atoms in total. The quantitative estimate of drug-likeness (QED) is 0.344. The van der Waals surface area contributed by atoms with Gasteiger partial charge < -0.3 is 23.7 Å². The van der Waals surface area contributed by atoms with Crippen molar-refractivity contribution in [2.24, 2.45) is 0 Å². The lowest BCUT2D eigenvalue weighted by Gasteiger charge is -2.46. The van der Waals surface area contributed by atoms with Crippen molar-refractivity contribution in [2.75, 3.05) is 13.2 Å². The van der Waals surface area contributed by atoms with E-state index in [0.717, 1.165) is 18.4 Å². The Hall–Kier alpha value is -1.15. The van der Waals surface area contributed by atoms with Crippen LogP contribution in [-0.4, -0.2) is 65.7 Å². The smallest absolute Gasteiger partial charge is 0.410 e. The van der Waals surface area contributed by atoms with Gasteiger partial charge >= 0.3 is 6.09 Å². The van der Waals surface area contributed by atoms with E-state index in [4.69, 9.17) is 23.7 Å². The van der Waals surface area contributed by atoms with Gasteiger partial charge in [0, 0.05) is 6.54 Å². The van der Waals surface area contributed by atoms with Gasteiger partial charge in [0.2, 0.25) is 0 Å². The minimum atomic E-state index is -0.761. The molecule has 1 unspecified atom stereocenters. The Morgan fingerprint density at radius 2 is 1.64 bits per heavy atom. The number of carbonyl (C=O) groups excluding carboxylic acids is 1. The number of rotatable bonds is 8. The monoisotopic (exact) mass is 467 g/mol. The van der Waals surface area contributed by atoms with Crippen molar-refractivity contribution in [2.45, 2.75) is 135 Å². The largest absolute Gasteiger partial charge is 0.444 e. The lowest BCUT2D eigenvalue weighted by Crippen LogP contribution is -2.59. The van der Waals surface area contributed by atoms with Crippen LogP contribution in [0.3, 0.4) is 0 Å². The van der Waals surface area contributed by atoms with E-state index < -0.39 is 17.2 Å². The van der Waals surface area contributed by atoms with Crippen molar-refractivity contribution in [1.29, 1.82) is 0 Å². The standard InChI is InChI=1S/C26H45NO6/c1-9-10-11-12-13-14-15-27(23(28)33-24(2,3)4)19-16-18-17-29-25(5,6)30-20(18)22-21(19)31-26(7,8)32-22/h16,19-22H,9-15,17H2,1-8H3/t19-,20+,21-,22?/m1/s1. The van der Waals surface area contributed by atoms with Crippen LogP contribution in [0, 0.1) is 0 Å². The minimum Gasteiger partial charge on any atom is -0.444 e. The van der Waals surface area contributed by atoms with Gasteiger partial charge in [0.15, 0.2) is 11.6 Å². The van der Waals surface area contributed by atoms with Gasteiger partial charge in [-0.15, -0.1) is 0 Å². The van der Waals surface area contributed by atoms with Gasteiger partial charge in [-0.25, -0.2) is 4.79 Å². The van der Waals surface area contributed by atoms with E-state index in [2.05, 4.69) is 13.0 Å². The molecule has 0 N–H and O–H groups in total. The predicted octanol–water partition coefficient (Wildman–Crippen LogP) is 5.56. The highest BCUT2D eigenvalue weighted by atomic mass is 16.8. The molecule has 1 amide bonds. The third-order valence-electron chi connectivity index (χ3n) is 6.29. The van der Waals surface area contributed by atoms with Crippen LogP contribution in [-0.2, 0) is 23.7 Å². The summed E-state index contributed by atoms with van der Waals surface area (Å²) in [6.45, 7) is 16.6. The molecule has 4 atom stereocenters. The van der Waals surface area contributed by atoms with Crippen LogP contribution >= 0.6 is 0 Å². The second-order valence-corrected chi connectivity index (χ2v) is 11.5. The summed E-state index contributed by atoms with van der Waals surface area (Å²) in [4.78, 5) is 15.2. The number of carbonyl (C=O) groups is 1. The minimum absolute atomic E-state index is 0.258. The summed E-state index contributed by atoms with van der Waals surface area (Å²) in [6.07, 6.45) is 7.76. The van der Waals surface area contributed by atoms with Crippen LogP contribution in [0.4, 0.5) is 4.79 Å². The Bertz CT molecular complexity index is 710. The first-order valence-corrected chi connectivity index (χ1v) is 12.7. The van der Waals surface area contributed by atoms with Gasteiger partial charge in [0.1, 0.15) is 23.9 Å². The molecule has 3 rings (SSSR count). The topological polar surface area (TPSA) is 66.5 Å². The van der Waals surface area contributed by atoms with Crippen molar-refractivity contribution < 1.29 is 28.5 Å². The molecular formula is C26H45NO6. The maximum absolute atomic E-state index is 13.4. The van der Waals surface area contributed by atoms with Gasteiger partial charge in [-0.2, -0.15) is 0 Å². The lowest BCUT2D eigenvalue weighted by atomic mass is 9.86. The van der Waals surface area contributed by atoms with Crippen LogP contribution in [0.5, 0.6) is 0 Å². The van der Waals surface area contributed by atoms with Crippen LogP contribution in [0.1, 0.15) is 93.9 Å². The molecule has 190 valence electrons. The zero-order valence-electron chi connectivity index (χ0n) is 21.9. The van der Waals surface area contributed by atoms with Crippen molar-refractivity contribution >= 4 is 6.09 Å². The molecule has 3 aliphatic rings. The Morgan fingerprint density at radius 1 is 1.00 bits per heavy atom. The van der Waals surface area contributed by atoms with Gasteiger partial charge in [0.25, 0.3) is 0 Å². The normalized spacial score (nSPS) is 30.2. The summed E-state index contributed by atoms with van der Waals surface area (Å²) in [7, 11) is 0. The first-order valence-electron chi connectivity index (χ1n) is 12.7. The second kappa shape index (κ2) is 10.2. The third kappa shape index (κ3) is 6.93. The van der Waals surface area contributed by atoms with Gasteiger partial charge in [-0.1, -0.05) is 45.1 Å². The predicted molar refractivity (Wildman–Crippen MR) is 127 cm³/mol. The number of unbranched alkanes of at least 4 members (excludes halogenated alkanes) is 5. The fourth-order valence-electron chi connectivity index (χ4n) is 4.82. The molecule has 0 aromatic rings. The van der Waals surface area contributed by atoms with Crippen molar-refractivity contribution in [1.82, 2.24) is 4.90 Å². The van der Waals surface area contributed by atoms with Crippen molar-refractivity contribution in [3.63, 3.8) is 0 Å². The first-order chi connectivity index (χ1) is 15.3. The molecule has 0 spiro atoms. The molecule has 2 saturated heterocycles. The average Bonchev–Trinajstić information content (AvgIpc) is 3.01. The molecular weight excluding hydrogens is 422 g/mol. The highest BCUT2D eigenvalue weighted by Gasteiger charge is 2.56. The summed E-state index contributed by atoms with van der Waals surface area (Å²) >= 11 is 0. The van der Waals surface area contributed by atoms with Crippen molar-refractivity contribution in [3.05, 3.63) is 11.6 Å². The Kier molecular flexibility index (Phi) is 8.20. The Balaban J connectivity index is 1.84. The molecule has 7 heteroatoms. The molecule has 33 heavy (non-hydrogen) atoms. The molecule has 0 aromatic carbocycles. The van der Waals surface area contributed by atoms with E-state index in [1.54, 1.807) is 0 Å². The zero-order chi connectivity index (χ0) is 24.4. The van der Waals surface area contributed by atoms with Gasteiger partial charge in [-0.3, -0.25) is 4.90 Å². The van der Waals surface area contributed by atoms with E-state index >= 15 is 0 Å². The molecule has 0 radical (unpaired) electrons. The lowest BCUT2D eigenvalue weighted by molar-refractivity contribution is -0.274. The molecule has 0 aromatic heterocycles.